The number of rotatable bonds is 5. The Morgan fingerprint density at radius 2 is 0.912 bits per heavy atom. The number of fused-ring (bicyclic) bond motifs is 9. The van der Waals surface area contributed by atoms with Crippen LogP contribution in [0, 0.1) is 0 Å². The summed E-state index contributed by atoms with van der Waals surface area (Å²) in [6.07, 6.45) is 0. The minimum absolute atomic E-state index is 0.591. The Balaban J connectivity index is 1.10. The Morgan fingerprint density at radius 3 is 1.70 bits per heavy atom. The number of furan rings is 2. The molecule has 12 rings (SSSR count). The molecule has 0 aliphatic heterocycles. The molecular formula is C51H29N3O2S. The van der Waals surface area contributed by atoms with Crippen LogP contribution >= 0.6 is 11.3 Å². The van der Waals surface area contributed by atoms with Crippen LogP contribution in [0.4, 0.5) is 0 Å². The first kappa shape index (κ1) is 31.9. The van der Waals surface area contributed by atoms with E-state index in [0.29, 0.717) is 17.5 Å². The fraction of sp³-hybridized carbons (Fsp3) is 0. The SMILES string of the molecule is c1ccc(-c2nc(-c3ccccc3)nc(-c3cccc4oc5c(-c6cc(-c7cccc8c7oc7ccccc78)c7sc8ccccc8c7c6)cccc5c34)n2)cc1. The molecule has 4 heterocycles. The molecule has 0 unspecified atom stereocenters. The van der Waals surface area contributed by atoms with E-state index in [9.17, 15) is 0 Å². The summed E-state index contributed by atoms with van der Waals surface area (Å²) < 4.78 is 16.0. The number of aromatic nitrogens is 3. The van der Waals surface area contributed by atoms with Crippen molar-refractivity contribution in [2.75, 3.05) is 0 Å². The minimum Gasteiger partial charge on any atom is -0.455 e. The smallest absolute Gasteiger partial charge is 0.164 e. The van der Waals surface area contributed by atoms with Crippen molar-refractivity contribution >= 4 is 75.4 Å². The van der Waals surface area contributed by atoms with Gasteiger partial charge in [-0.2, -0.15) is 0 Å². The van der Waals surface area contributed by atoms with Crippen molar-refractivity contribution in [3.8, 4) is 56.4 Å². The predicted molar refractivity (Wildman–Crippen MR) is 234 cm³/mol. The largest absolute Gasteiger partial charge is 0.455 e. The predicted octanol–water partition coefficient (Wildman–Crippen LogP) is 14.4. The fourth-order valence-corrected chi connectivity index (χ4v) is 9.54. The number of thiophene rings is 1. The van der Waals surface area contributed by atoms with Crippen LogP contribution in [0.5, 0.6) is 0 Å². The number of para-hydroxylation sites is 3. The summed E-state index contributed by atoms with van der Waals surface area (Å²) in [5.74, 6) is 1.83. The Labute approximate surface area is 330 Å². The highest BCUT2D eigenvalue weighted by molar-refractivity contribution is 7.26. The number of hydrogen-bond donors (Lipinski definition) is 0. The molecule has 57 heavy (non-hydrogen) atoms. The maximum Gasteiger partial charge on any atom is 0.164 e. The number of benzene rings is 8. The molecule has 0 atom stereocenters. The summed E-state index contributed by atoms with van der Waals surface area (Å²) in [5.41, 5.74) is 10.4. The highest BCUT2D eigenvalue weighted by Gasteiger charge is 2.22. The number of hydrogen-bond acceptors (Lipinski definition) is 6. The Kier molecular flexibility index (Phi) is 7.03. The van der Waals surface area contributed by atoms with Gasteiger partial charge in [0.05, 0.1) is 0 Å². The van der Waals surface area contributed by atoms with Gasteiger partial charge >= 0.3 is 0 Å². The fourth-order valence-electron chi connectivity index (χ4n) is 8.33. The average Bonchev–Trinajstić information content (AvgIpc) is 3.98. The van der Waals surface area contributed by atoms with Crippen LogP contribution in [-0.2, 0) is 0 Å². The van der Waals surface area contributed by atoms with Gasteiger partial charge in [-0.1, -0.05) is 146 Å². The second kappa shape index (κ2) is 12.6. The molecule has 0 bridgehead atoms. The summed E-state index contributed by atoms with van der Waals surface area (Å²) in [5, 5.41) is 6.63. The summed E-state index contributed by atoms with van der Waals surface area (Å²) in [6, 6.07) is 60.8. The zero-order valence-corrected chi connectivity index (χ0v) is 31.1. The molecule has 266 valence electrons. The van der Waals surface area contributed by atoms with Gasteiger partial charge in [-0.15, -0.1) is 11.3 Å². The first-order valence-electron chi connectivity index (χ1n) is 18.9. The molecule has 0 aliphatic carbocycles. The third kappa shape index (κ3) is 5.04. The van der Waals surface area contributed by atoms with Crippen LogP contribution in [0.15, 0.2) is 185 Å². The third-order valence-corrected chi connectivity index (χ3v) is 12.2. The lowest BCUT2D eigenvalue weighted by Gasteiger charge is -2.10. The minimum atomic E-state index is 0.591. The molecule has 0 aliphatic rings. The van der Waals surface area contributed by atoms with E-state index in [2.05, 4.69) is 91.0 Å². The molecule has 0 saturated heterocycles. The molecular weight excluding hydrogens is 719 g/mol. The summed E-state index contributed by atoms with van der Waals surface area (Å²) in [4.78, 5) is 15.1. The van der Waals surface area contributed by atoms with Crippen molar-refractivity contribution in [3.63, 3.8) is 0 Å². The molecule has 6 heteroatoms. The molecule has 0 spiro atoms. The quantitative estimate of drug-likeness (QED) is 0.175. The topological polar surface area (TPSA) is 65.0 Å². The van der Waals surface area contributed by atoms with Crippen molar-refractivity contribution < 1.29 is 8.83 Å². The molecule has 0 saturated carbocycles. The van der Waals surface area contributed by atoms with Crippen LogP contribution < -0.4 is 0 Å². The molecule has 0 amide bonds. The lowest BCUT2D eigenvalue weighted by atomic mass is 9.94. The van der Waals surface area contributed by atoms with Crippen LogP contribution in [-0.4, -0.2) is 15.0 Å². The maximum absolute atomic E-state index is 6.88. The summed E-state index contributed by atoms with van der Waals surface area (Å²) in [7, 11) is 0. The van der Waals surface area contributed by atoms with Gasteiger partial charge in [-0.25, -0.2) is 15.0 Å². The highest BCUT2D eigenvalue weighted by Crippen LogP contribution is 2.47. The first-order valence-corrected chi connectivity index (χ1v) is 19.7. The highest BCUT2D eigenvalue weighted by atomic mass is 32.1. The number of nitrogens with zero attached hydrogens (tertiary/aromatic N) is 3. The Bertz CT molecular complexity index is 3470. The lowest BCUT2D eigenvalue weighted by Crippen LogP contribution is -2.00. The van der Waals surface area contributed by atoms with Gasteiger partial charge in [0.2, 0.25) is 0 Å². The van der Waals surface area contributed by atoms with E-state index in [4.69, 9.17) is 23.8 Å². The monoisotopic (exact) mass is 747 g/mol. The van der Waals surface area contributed by atoms with E-state index < -0.39 is 0 Å². The van der Waals surface area contributed by atoms with E-state index in [1.165, 1.54) is 20.2 Å². The Morgan fingerprint density at radius 1 is 0.351 bits per heavy atom. The van der Waals surface area contributed by atoms with Crippen LogP contribution in [0.2, 0.25) is 0 Å². The lowest BCUT2D eigenvalue weighted by molar-refractivity contribution is 0.670. The zero-order valence-electron chi connectivity index (χ0n) is 30.3. The van der Waals surface area contributed by atoms with Gasteiger partial charge in [0.1, 0.15) is 22.3 Å². The second-order valence-corrected chi connectivity index (χ2v) is 15.3. The molecule has 4 aromatic heterocycles. The summed E-state index contributed by atoms with van der Waals surface area (Å²) >= 11 is 1.82. The van der Waals surface area contributed by atoms with Crippen molar-refractivity contribution in [2.45, 2.75) is 0 Å². The summed E-state index contributed by atoms with van der Waals surface area (Å²) in [6.45, 7) is 0. The molecule has 0 fully saturated rings. The van der Waals surface area contributed by atoms with Gasteiger partial charge < -0.3 is 8.83 Å². The molecule has 5 nitrogen and oxygen atoms in total. The van der Waals surface area contributed by atoms with E-state index >= 15 is 0 Å². The van der Waals surface area contributed by atoms with Crippen LogP contribution in [0.25, 0.3) is 120 Å². The van der Waals surface area contributed by atoms with Gasteiger partial charge in [0.25, 0.3) is 0 Å². The molecule has 0 N–H and O–H groups in total. The van der Waals surface area contributed by atoms with Gasteiger partial charge in [-0.05, 0) is 35.9 Å². The van der Waals surface area contributed by atoms with Crippen molar-refractivity contribution in [2.24, 2.45) is 0 Å². The molecule has 8 aromatic carbocycles. The Hall–Kier alpha value is -7.41. The van der Waals surface area contributed by atoms with Gasteiger partial charge in [-0.3, -0.25) is 0 Å². The first-order chi connectivity index (χ1) is 28.2. The van der Waals surface area contributed by atoms with Crippen LogP contribution in [0.3, 0.4) is 0 Å². The van der Waals surface area contributed by atoms with Crippen LogP contribution in [0.1, 0.15) is 0 Å². The molecule has 0 radical (unpaired) electrons. The van der Waals surface area contributed by atoms with E-state index in [1.54, 1.807) is 0 Å². The maximum atomic E-state index is 6.88. The van der Waals surface area contributed by atoms with Gasteiger partial charge in [0, 0.05) is 75.1 Å². The van der Waals surface area contributed by atoms with E-state index in [1.807, 2.05) is 96.3 Å². The van der Waals surface area contributed by atoms with E-state index in [0.717, 1.165) is 82.8 Å². The van der Waals surface area contributed by atoms with Crippen molar-refractivity contribution in [1.29, 1.82) is 0 Å². The van der Waals surface area contributed by atoms with Crippen molar-refractivity contribution in [1.82, 2.24) is 15.0 Å². The van der Waals surface area contributed by atoms with Crippen molar-refractivity contribution in [3.05, 3.63) is 176 Å². The normalized spacial score (nSPS) is 11.9. The third-order valence-electron chi connectivity index (χ3n) is 10.9. The second-order valence-electron chi connectivity index (χ2n) is 14.3. The van der Waals surface area contributed by atoms with Gasteiger partial charge in [0.15, 0.2) is 17.5 Å². The average molecular weight is 748 g/mol. The van der Waals surface area contributed by atoms with E-state index in [-0.39, 0.29) is 0 Å². The standard InChI is InChI=1S/C51H29N3O2S/c1-3-14-30(15-4-1)49-52-50(31-16-5-2-6-17-31)54-51(53-49)39-24-13-26-43-45(39)38-23-11-20-33(46(38)56-43)32-28-40-35-19-8-10-27-44(35)57-48(40)41(29-32)37-22-12-21-36-34-18-7-9-25-42(34)55-47(36)37/h1-29H. The zero-order chi connectivity index (χ0) is 37.5. The molecule has 12 aromatic rings.